The lowest BCUT2D eigenvalue weighted by atomic mass is 10.2. The quantitative estimate of drug-likeness (QED) is 0.803. The third-order valence-corrected chi connectivity index (χ3v) is 3.52. The SMILES string of the molecule is CCCOC(=O)c1ccc(NS(=O)(=O)CC)cc1. The summed E-state index contributed by atoms with van der Waals surface area (Å²) in [6, 6.07) is 6.14. The highest BCUT2D eigenvalue weighted by atomic mass is 32.2. The van der Waals surface area contributed by atoms with Gasteiger partial charge in [-0.15, -0.1) is 0 Å². The predicted octanol–water partition coefficient (Wildman–Crippen LogP) is 2.02. The molecule has 0 atom stereocenters. The van der Waals surface area contributed by atoms with Gasteiger partial charge in [0.15, 0.2) is 0 Å². The van der Waals surface area contributed by atoms with Gasteiger partial charge in [-0.2, -0.15) is 0 Å². The molecule has 0 aliphatic heterocycles. The van der Waals surface area contributed by atoms with Gasteiger partial charge in [0, 0.05) is 5.69 Å². The van der Waals surface area contributed by atoms with Gasteiger partial charge in [0.05, 0.1) is 17.9 Å². The van der Waals surface area contributed by atoms with E-state index in [1.807, 2.05) is 6.92 Å². The molecular weight excluding hydrogens is 254 g/mol. The van der Waals surface area contributed by atoms with E-state index in [0.29, 0.717) is 17.9 Å². The largest absolute Gasteiger partial charge is 0.462 e. The fourth-order valence-electron chi connectivity index (χ4n) is 1.20. The van der Waals surface area contributed by atoms with E-state index in [9.17, 15) is 13.2 Å². The van der Waals surface area contributed by atoms with Crippen LogP contribution in [0.1, 0.15) is 30.6 Å². The maximum Gasteiger partial charge on any atom is 0.338 e. The Morgan fingerprint density at radius 1 is 1.22 bits per heavy atom. The number of carbonyl (C=O) groups is 1. The van der Waals surface area contributed by atoms with Gasteiger partial charge < -0.3 is 4.74 Å². The van der Waals surface area contributed by atoms with Crippen LogP contribution in [0.3, 0.4) is 0 Å². The van der Waals surface area contributed by atoms with Gasteiger partial charge in [-0.3, -0.25) is 4.72 Å². The topological polar surface area (TPSA) is 72.5 Å². The van der Waals surface area contributed by atoms with Crippen molar-refractivity contribution < 1.29 is 17.9 Å². The number of sulfonamides is 1. The minimum atomic E-state index is -3.29. The van der Waals surface area contributed by atoms with Gasteiger partial charge in [0.25, 0.3) is 0 Å². The van der Waals surface area contributed by atoms with Crippen LogP contribution in [-0.2, 0) is 14.8 Å². The predicted molar refractivity (Wildman–Crippen MR) is 70.1 cm³/mol. The highest BCUT2D eigenvalue weighted by molar-refractivity contribution is 7.92. The Hall–Kier alpha value is -1.56. The molecule has 6 heteroatoms. The maximum absolute atomic E-state index is 11.5. The smallest absolute Gasteiger partial charge is 0.338 e. The number of nitrogens with one attached hydrogen (secondary N) is 1. The lowest BCUT2D eigenvalue weighted by Gasteiger charge is -2.07. The fourth-order valence-corrected chi connectivity index (χ4v) is 1.84. The highest BCUT2D eigenvalue weighted by Crippen LogP contribution is 2.12. The monoisotopic (exact) mass is 271 g/mol. The number of esters is 1. The molecule has 5 nitrogen and oxygen atoms in total. The zero-order valence-corrected chi connectivity index (χ0v) is 11.3. The molecule has 1 aromatic carbocycles. The van der Waals surface area contributed by atoms with Crippen LogP contribution in [0.5, 0.6) is 0 Å². The Bertz CT molecular complexity index is 493. The van der Waals surface area contributed by atoms with Crippen molar-refractivity contribution in [2.24, 2.45) is 0 Å². The molecule has 0 unspecified atom stereocenters. The van der Waals surface area contributed by atoms with Gasteiger partial charge in [-0.25, -0.2) is 13.2 Å². The molecule has 0 amide bonds. The van der Waals surface area contributed by atoms with E-state index < -0.39 is 16.0 Å². The summed E-state index contributed by atoms with van der Waals surface area (Å²) in [5.41, 5.74) is 0.840. The van der Waals surface area contributed by atoms with E-state index in [0.717, 1.165) is 6.42 Å². The zero-order valence-electron chi connectivity index (χ0n) is 10.5. The van der Waals surface area contributed by atoms with Crippen molar-refractivity contribution in [3.63, 3.8) is 0 Å². The molecule has 0 saturated carbocycles. The van der Waals surface area contributed by atoms with Crippen molar-refractivity contribution in [2.75, 3.05) is 17.1 Å². The Balaban J connectivity index is 2.71. The Kier molecular flexibility index (Phi) is 5.15. The van der Waals surface area contributed by atoms with Crippen LogP contribution in [0.2, 0.25) is 0 Å². The number of benzene rings is 1. The van der Waals surface area contributed by atoms with E-state index in [2.05, 4.69) is 4.72 Å². The number of rotatable bonds is 6. The second-order valence-electron chi connectivity index (χ2n) is 3.72. The minimum absolute atomic E-state index is 0.00724. The van der Waals surface area contributed by atoms with Crippen molar-refractivity contribution in [1.82, 2.24) is 0 Å². The Labute approximate surface area is 107 Å². The normalized spacial score (nSPS) is 11.0. The van der Waals surface area contributed by atoms with Crippen molar-refractivity contribution in [3.8, 4) is 0 Å². The summed E-state index contributed by atoms with van der Waals surface area (Å²) in [5.74, 6) is -0.394. The average Bonchev–Trinajstić information content (AvgIpc) is 2.36. The van der Waals surface area contributed by atoms with Gasteiger partial charge in [0.1, 0.15) is 0 Å². The lowest BCUT2D eigenvalue weighted by Crippen LogP contribution is -2.14. The zero-order chi connectivity index (χ0) is 13.6. The van der Waals surface area contributed by atoms with Crippen LogP contribution in [-0.4, -0.2) is 26.7 Å². The van der Waals surface area contributed by atoms with Gasteiger partial charge in [-0.1, -0.05) is 6.92 Å². The van der Waals surface area contributed by atoms with Gasteiger partial charge >= 0.3 is 5.97 Å². The van der Waals surface area contributed by atoms with E-state index in [-0.39, 0.29) is 5.75 Å². The van der Waals surface area contributed by atoms with Crippen LogP contribution in [0, 0.1) is 0 Å². The van der Waals surface area contributed by atoms with Crippen LogP contribution >= 0.6 is 0 Å². The summed E-state index contributed by atoms with van der Waals surface area (Å²) in [4.78, 5) is 11.5. The van der Waals surface area contributed by atoms with Crippen LogP contribution in [0.15, 0.2) is 24.3 Å². The number of carbonyl (C=O) groups excluding carboxylic acids is 1. The fraction of sp³-hybridized carbons (Fsp3) is 0.417. The molecule has 0 bridgehead atoms. The molecule has 0 aromatic heterocycles. The van der Waals surface area contributed by atoms with E-state index in [4.69, 9.17) is 4.74 Å². The number of hydrogen-bond acceptors (Lipinski definition) is 4. The van der Waals surface area contributed by atoms with Gasteiger partial charge in [0.2, 0.25) is 10.0 Å². The molecule has 0 radical (unpaired) electrons. The Morgan fingerprint density at radius 2 is 1.83 bits per heavy atom. The van der Waals surface area contributed by atoms with E-state index in [1.165, 1.54) is 24.3 Å². The van der Waals surface area contributed by atoms with Crippen molar-refractivity contribution in [3.05, 3.63) is 29.8 Å². The lowest BCUT2D eigenvalue weighted by molar-refractivity contribution is 0.0505. The third kappa shape index (κ3) is 4.37. The van der Waals surface area contributed by atoms with E-state index in [1.54, 1.807) is 6.92 Å². The molecule has 0 fully saturated rings. The molecular formula is C12H17NO4S. The first-order chi connectivity index (χ1) is 8.48. The van der Waals surface area contributed by atoms with Crippen LogP contribution < -0.4 is 4.72 Å². The average molecular weight is 271 g/mol. The summed E-state index contributed by atoms with van der Waals surface area (Å²) in [5, 5.41) is 0. The summed E-state index contributed by atoms with van der Waals surface area (Å²) >= 11 is 0. The second kappa shape index (κ2) is 6.39. The molecule has 1 aromatic rings. The number of anilines is 1. The summed E-state index contributed by atoms with van der Waals surface area (Å²) in [6.07, 6.45) is 0.764. The first kappa shape index (κ1) is 14.5. The molecule has 0 aliphatic carbocycles. The molecule has 1 N–H and O–H groups in total. The van der Waals surface area contributed by atoms with Crippen molar-refractivity contribution >= 4 is 21.7 Å². The molecule has 18 heavy (non-hydrogen) atoms. The summed E-state index contributed by atoms with van der Waals surface area (Å²) < 4.78 is 30.0. The number of ether oxygens (including phenoxy) is 1. The molecule has 0 saturated heterocycles. The van der Waals surface area contributed by atoms with Crippen LogP contribution in [0.25, 0.3) is 0 Å². The molecule has 1 rings (SSSR count). The second-order valence-corrected chi connectivity index (χ2v) is 5.73. The summed E-state index contributed by atoms with van der Waals surface area (Å²) in [6.45, 7) is 3.85. The van der Waals surface area contributed by atoms with Crippen molar-refractivity contribution in [2.45, 2.75) is 20.3 Å². The first-order valence-corrected chi connectivity index (χ1v) is 7.41. The summed E-state index contributed by atoms with van der Waals surface area (Å²) in [7, 11) is -3.29. The molecule has 0 spiro atoms. The molecule has 0 aliphatic rings. The van der Waals surface area contributed by atoms with Gasteiger partial charge in [-0.05, 0) is 37.6 Å². The molecule has 100 valence electrons. The standard InChI is InChI=1S/C12H17NO4S/c1-3-9-17-12(14)10-5-7-11(8-6-10)13-18(15,16)4-2/h5-8,13H,3-4,9H2,1-2H3. The number of hydrogen-bond donors (Lipinski definition) is 1. The minimum Gasteiger partial charge on any atom is -0.462 e. The van der Waals surface area contributed by atoms with Crippen molar-refractivity contribution in [1.29, 1.82) is 0 Å². The van der Waals surface area contributed by atoms with Crippen LogP contribution in [0.4, 0.5) is 5.69 Å². The van der Waals surface area contributed by atoms with E-state index >= 15 is 0 Å². The first-order valence-electron chi connectivity index (χ1n) is 5.76. The maximum atomic E-state index is 11.5. The molecule has 0 heterocycles. The Morgan fingerprint density at radius 3 is 2.33 bits per heavy atom. The highest BCUT2D eigenvalue weighted by Gasteiger charge is 2.09. The third-order valence-electron chi connectivity index (χ3n) is 2.21.